The van der Waals surface area contributed by atoms with Crippen LogP contribution in [-0.2, 0) is 4.79 Å². The Kier molecular flexibility index (Phi) is 3.02. The van der Waals surface area contributed by atoms with E-state index in [1.807, 2.05) is 0 Å². The van der Waals surface area contributed by atoms with E-state index in [2.05, 4.69) is 4.98 Å². The standard InChI is InChI=1S/C16H11NO5/c1-7-12-10(6-17-16(7)21)15(20)13-9(14(12)19)4-3-5-11(13)22-8(2)18/h3-6H,1-2H3,(H,17,21). The summed E-state index contributed by atoms with van der Waals surface area (Å²) in [7, 11) is 0. The number of ether oxygens (including phenoxy) is 1. The Morgan fingerprint density at radius 2 is 1.73 bits per heavy atom. The molecule has 110 valence electrons. The second-order valence-electron chi connectivity index (χ2n) is 4.96. The SMILES string of the molecule is CC(=O)Oc1cccc2c1C(=O)c1c[nH]c(=O)c(C)c1C2=O. The summed E-state index contributed by atoms with van der Waals surface area (Å²) in [5.41, 5.74) is 0.154. The number of esters is 1. The van der Waals surface area contributed by atoms with Crippen LogP contribution in [0.25, 0.3) is 0 Å². The summed E-state index contributed by atoms with van der Waals surface area (Å²) >= 11 is 0. The van der Waals surface area contributed by atoms with Gasteiger partial charge in [0.05, 0.1) is 11.1 Å². The number of rotatable bonds is 1. The van der Waals surface area contributed by atoms with Crippen LogP contribution in [0.2, 0.25) is 0 Å². The van der Waals surface area contributed by atoms with E-state index in [1.165, 1.54) is 38.2 Å². The first kappa shape index (κ1) is 13.9. The van der Waals surface area contributed by atoms with Gasteiger partial charge in [0.25, 0.3) is 5.56 Å². The van der Waals surface area contributed by atoms with Gasteiger partial charge in [0.1, 0.15) is 5.75 Å². The largest absolute Gasteiger partial charge is 0.426 e. The molecule has 0 amide bonds. The molecule has 0 aliphatic heterocycles. The Balaban J connectivity index is 2.31. The molecule has 1 aromatic carbocycles. The van der Waals surface area contributed by atoms with Gasteiger partial charge in [0.15, 0.2) is 11.6 Å². The topological polar surface area (TPSA) is 93.3 Å². The predicted octanol–water partition coefficient (Wildman–Crippen LogP) is 1.38. The van der Waals surface area contributed by atoms with Gasteiger partial charge in [-0.1, -0.05) is 12.1 Å². The Morgan fingerprint density at radius 1 is 1.05 bits per heavy atom. The van der Waals surface area contributed by atoms with Gasteiger partial charge in [-0.25, -0.2) is 0 Å². The van der Waals surface area contributed by atoms with Crippen molar-refractivity contribution < 1.29 is 19.1 Å². The zero-order chi connectivity index (χ0) is 16.0. The molecule has 1 aliphatic carbocycles. The van der Waals surface area contributed by atoms with Crippen molar-refractivity contribution in [2.24, 2.45) is 0 Å². The van der Waals surface area contributed by atoms with Crippen LogP contribution >= 0.6 is 0 Å². The van der Waals surface area contributed by atoms with Crippen LogP contribution in [0.3, 0.4) is 0 Å². The van der Waals surface area contributed by atoms with Gasteiger partial charge in [-0.15, -0.1) is 0 Å². The van der Waals surface area contributed by atoms with E-state index < -0.39 is 23.1 Å². The molecule has 0 spiro atoms. The molecule has 22 heavy (non-hydrogen) atoms. The molecule has 6 heteroatoms. The third-order valence-corrected chi connectivity index (χ3v) is 3.56. The van der Waals surface area contributed by atoms with Gasteiger partial charge in [0, 0.05) is 29.8 Å². The Labute approximate surface area is 124 Å². The highest BCUT2D eigenvalue weighted by atomic mass is 16.5. The lowest BCUT2D eigenvalue weighted by molar-refractivity contribution is -0.131. The third kappa shape index (κ3) is 1.88. The quantitative estimate of drug-likeness (QED) is 0.541. The number of hydrogen-bond acceptors (Lipinski definition) is 5. The van der Waals surface area contributed by atoms with Crippen LogP contribution in [0.1, 0.15) is 44.3 Å². The smallest absolute Gasteiger partial charge is 0.308 e. The first-order valence-electron chi connectivity index (χ1n) is 6.55. The molecule has 3 rings (SSSR count). The number of H-pyrrole nitrogens is 1. The summed E-state index contributed by atoms with van der Waals surface area (Å²) in [5, 5.41) is 0. The number of aromatic nitrogens is 1. The highest BCUT2D eigenvalue weighted by molar-refractivity contribution is 6.29. The van der Waals surface area contributed by atoms with Gasteiger partial charge in [-0.2, -0.15) is 0 Å². The summed E-state index contributed by atoms with van der Waals surface area (Å²) in [6.45, 7) is 2.70. The van der Waals surface area contributed by atoms with Crippen molar-refractivity contribution in [1.82, 2.24) is 4.98 Å². The molecule has 0 radical (unpaired) electrons. The molecule has 1 heterocycles. The number of carbonyl (C=O) groups excluding carboxylic acids is 3. The van der Waals surface area contributed by atoms with Gasteiger partial charge in [-0.05, 0) is 13.0 Å². The van der Waals surface area contributed by atoms with Crippen molar-refractivity contribution in [3.63, 3.8) is 0 Å². The maximum atomic E-state index is 12.7. The van der Waals surface area contributed by atoms with E-state index in [-0.39, 0.29) is 33.6 Å². The number of benzene rings is 1. The molecule has 2 aromatic rings. The Morgan fingerprint density at radius 3 is 2.41 bits per heavy atom. The highest BCUT2D eigenvalue weighted by Crippen LogP contribution is 2.33. The highest BCUT2D eigenvalue weighted by Gasteiger charge is 2.34. The number of fused-ring (bicyclic) bond motifs is 2. The van der Waals surface area contributed by atoms with E-state index in [0.29, 0.717) is 0 Å². The fourth-order valence-corrected chi connectivity index (χ4v) is 2.57. The molecular weight excluding hydrogens is 286 g/mol. The minimum absolute atomic E-state index is 0.0397. The lowest BCUT2D eigenvalue weighted by Gasteiger charge is -2.20. The lowest BCUT2D eigenvalue weighted by atomic mass is 9.83. The molecule has 0 bridgehead atoms. The number of aromatic amines is 1. The van der Waals surface area contributed by atoms with E-state index in [1.54, 1.807) is 0 Å². The molecule has 0 unspecified atom stereocenters. The second kappa shape index (κ2) is 4.77. The number of pyridine rings is 1. The summed E-state index contributed by atoms with van der Waals surface area (Å²) in [5.74, 6) is -1.43. The van der Waals surface area contributed by atoms with E-state index in [4.69, 9.17) is 4.74 Å². The minimum atomic E-state index is -0.586. The van der Waals surface area contributed by atoms with Crippen molar-refractivity contribution in [1.29, 1.82) is 0 Å². The summed E-state index contributed by atoms with van der Waals surface area (Å²) in [4.78, 5) is 50.6. The van der Waals surface area contributed by atoms with Crippen LogP contribution in [0.15, 0.2) is 29.2 Å². The maximum Gasteiger partial charge on any atom is 0.308 e. The van der Waals surface area contributed by atoms with Crippen LogP contribution in [-0.4, -0.2) is 22.5 Å². The number of hydrogen-bond donors (Lipinski definition) is 1. The fraction of sp³-hybridized carbons (Fsp3) is 0.125. The van der Waals surface area contributed by atoms with Gasteiger partial charge < -0.3 is 9.72 Å². The molecule has 1 N–H and O–H groups in total. The molecule has 0 saturated carbocycles. The molecule has 1 aliphatic rings. The summed E-state index contributed by atoms with van der Waals surface area (Å²) in [6.07, 6.45) is 1.22. The average Bonchev–Trinajstić information content (AvgIpc) is 2.47. The van der Waals surface area contributed by atoms with Crippen molar-refractivity contribution >= 4 is 17.5 Å². The van der Waals surface area contributed by atoms with Gasteiger partial charge >= 0.3 is 5.97 Å². The molecule has 0 saturated heterocycles. The molecular formula is C16H11NO5. The second-order valence-corrected chi connectivity index (χ2v) is 4.96. The predicted molar refractivity (Wildman–Crippen MR) is 76.4 cm³/mol. The first-order chi connectivity index (χ1) is 10.4. The lowest BCUT2D eigenvalue weighted by Crippen LogP contribution is -2.27. The number of nitrogens with one attached hydrogen (secondary N) is 1. The molecule has 6 nitrogen and oxygen atoms in total. The Hall–Kier alpha value is -3.02. The number of ketones is 2. The summed E-state index contributed by atoms with van der Waals surface area (Å²) < 4.78 is 5.02. The van der Waals surface area contributed by atoms with E-state index in [9.17, 15) is 19.2 Å². The van der Waals surface area contributed by atoms with Crippen LogP contribution in [0.5, 0.6) is 5.75 Å². The zero-order valence-corrected chi connectivity index (χ0v) is 11.9. The molecule has 0 fully saturated rings. The minimum Gasteiger partial charge on any atom is -0.426 e. The molecule has 1 aromatic heterocycles. The van der Waals surface area contributed by atoms with Crippen LogP contribution in [0, 0.1) is 6.92 Å². The van der Waals surface area contributed by atoms with Crippen molar-refractivity contribution in [2.45, 2.75) is 13.8 Å². The number of carbonyl (C=O) groups is 3. The van der Waals surface area contributed by atoms with Crippen LogP contribution in [0.4, 0.5) is 0 Å². The normalized spacial score (nSPS) is 12.6. The average molecular weight is 297 g/mol. The van der Waals surface area contributed by atoms with Crippen molar-refractivity contribution in [3.05, 3.63) is 62.6 Å². The van der Waals surface area contributed by atoms with Gasteiger partial charge in [0.2, 0.25) is 0 Å². The van der Waals surface area contributed by atoms with Gasteiger partial charge in [-0.3, -0.25) is 19.2 Å². The third-order valence-electron chi connectivity index (χ3n) is 3.56. The fourth-order valence-electron chi connectivity index (χ4n) is 2.57. The zero-order valence-electron chi connectivity index (χ0n) is 11.9. The monoisotopic (exact) mass is 297 g/mol. The first-order valence-corrected chi connectivity index (χ1v) is 6.55. The van der Waals surface area contributed by atoms with Crippen molar-refractivity contribution in [2.75, 3.05) is 0 Å². The summed E-state index contributed by atoms with van der Waals surface area (Å²) in [6, 6.07) is 4.46. The van der Waals surface area contributed by atoms with E-state index >= 15 is 0 Å². The maximum absolute atomic E-state index is 12.7. The van der Waals surface area contributed by atoms with Crippen LogP contribution < -0.4 is 10.3 Å². The van der Waals surface area contributed by atoms with Crippen molar-refractivity contribution in [3.8, 4) is 5.75 Å². The Bertz CT molecular complexity index is 907. The van der Waals surface area contributed by atoms with E-state index in [0.717, 1.165) is 0 Å². The molecule has 0 atom stereocenters.